The highest BCUT2D eigenvalue weighted by Crippen LogP contribution is 2.12. The van der Waals surface area contributed by atoms with E-state index >= 15 is 0 Å². The van der Waals surface area contributed by atoms with Gasteiger partial charge in [0.25, 0.3) is 11.6 Å². The van der Waals surface area contributed by atoms with Crippen LogP contribution in [0.4, 0.5) is 5.69 Å². The Morgan fingerprint density at radius 1 is 1.17 bits per heavy atom. The summed E-state index contributed by atoms with van der Waals surface area (Å²) >= 11 is 0. The van der Waals surface area contributed by atoms with Gasteiger partial charge in [0.05, 0.1) is 23.8 Å². The van der Waals surface area contributed by atoms with Crippen LogP contribution in [-0.4, -0.2) is 30.1 Å². The summed E-state index contributed by atoms with van der Waals surface area (Å²) in [4.78, 5) is 33.3. The van der Waals surface area contributed by atoms with E-state index in [0.29, 0.717) is 11.1 Å². The number of nitrogens with one attached hydrogen (secondary N) is 1. The van der Waals surface area contributed by atoms with E-state index in [1.807, 2.05) is 0 Å². The average Bonchev–Trinajstić information content (AvgIpc) is 2.61. The number of amides is 1. The zero-order chi connectivity index (χ0) is 17.5. The smallest absolute Gasteiger partial charge is 0.337 e. The molecular weight excluding hydrogens is 314 g/mol. The number of ether oxygens (including phenoxy) is 1. The lowest BCUT2D eigenvalue weighted by Gasteiger charge is -2.01. The number of non-ortho nitro benzene ring substituents is 1. The second kappa shape index (κ2) is 7.63. The molecule has 8 heteroatoms. The molecule has 0 saturated heterocycles. The minimum atomic E-state index is -0.580. The molecule has 1 amide bonds. The molecule has 24 heavy (non-hydrogen) atoms. The van der Waals surface area contributed by atoms with E-state index in [1.165, 1.54) is 31.5 Å². The first-order chi connectivity index (χ1) is 11.5. The fraction of sp³-hybridized carbons (Fsp3) is 0.0625. The minimum absolute atomic E-state index is 0.127. The largest absolute Gasteiger partial charge is 0.465 e. The van der Waals surface area contributed by atoms with E-state index in [4.69, 9.17) is 0 Å². The van der Waals surface area contributed by atoms with Gasteiger partial charge in [-0.05, 0) is 23.8 Å². The van der Waals surface area contributed by atoms with Crippen molar-refractivity contribution >= 4 is 23.8 Å². The molecule has 1 N–H and O–H groups in total. The molecule has 122 valence electrons. The highest BCUT2D eigenvalue weighted by molar-refractivity contribution is 5.95. The third-order valence-corrected chi connectivity index (χ3v) is 3.03. The maximum Gasteiger partial charge on any atom is 0.337 e. The van der Waals surface area contributed by atoms with E-state index in [1.54, 1.807) is 24.3 Å². The molecule has 0 bridgehead atoms. The van der Waals surface area contributed by atoms with Crippen molar-refractivity contribution in [3.63, 3.8) is 0 Å². The highest BCUT2D eigenvalue weighted by Gasteiger charge is 2.10. The summed E-state index contributed by atoms with van der Waals surface area (Å²) < 4.78 is 4.59. The van der Waals surface area contributed by atoms with Gasteiger partial charge in [-0.25, -0.2) is 10.2 Å². The first-order valence-electron chi connectivity index (χ1n) is 6.77. The molecule has 2 rings (SSSR count). The monoisotopic (exact) mass is 327 g/mol. The number of carbonyl (C=O) groups excluding carboxylic acids is 2. The van der Waals surface area contributed by atoms with Crippen molar-refractivity contribution in [2.24, 2.45) is 5.10 Å². The second-order valence-electron chi connectivity index (χ2n) is 4.62. The standard InChI is InChI=1S/C16H13N3O5/c1-24-16(21)12-7-5-11(6-8-12)10-17-18-15(20)13-3-2-4-14(9-13)19(22)23/h2-10H,1H3,(H,18,20)/b17-10-. The first-order valence-corrected chi connectivity index (χ1v) is 6.77. The summed E-state index contributed by atoms with van der Waals surface area (Å²) in [6.07, 6.45) is 1.39. The fourth-order valence-electron chi connectivity index (χ4n) is 1.81. The molecule has 2 aromatic rings. The van der Waals surface area contributed by atoms with E-state index in [0.717, 1.165) is 6.07 Å². The van der Waals surface area contributed by atoms with Gasteiger partial charge in [0.1, 0.15) is 0 Å². The van der Waals surface area contributed by atoms with Gasteiger partial charge in [0, 0.05) is 17.7 Å². The lowest BCUT2D eigenvalue weighted by atomic mass is 10.1. The van der Waals surface area contributed by atoms with Crippen molar-refractivity contribution in [1.29, 1.82) is 0 Å². The van der Waals surface area contributed by atoms with E-state index in [-0.39, 0.29) is 11.3 Å². The van der Waals surface area contributed by atoms with Crippen LogP contribution in [0.2, 0.25) is 0 Å². The predicted molar refractivity (Wildman–Crippen MR) is 85.9 cm³/mol. The Balaban J connectivity index is 2.00. The Labute approximate surface area is 136 Å². The van der Waals surface area contributed by atoms with Crippen molar-refractivity contribution in [2.45, 2.75) is 0 Å². The van der Waals surface area contributed by atoms with Gasteiger partial charge >= 0.3 is 5.97 Å². The predicted octanol–water partition coefficient (Wildman–Crippen LogP) is 2.15. The number of benzene rings is 2. The summed E-state index contributed by atoms with van der Waals surface area (Å²) in [5.74, 6) is -1.02. The van der Waals surface area contributed by atoms with Crippen molar-refractivity contribution in [3.05, 3.63) is 75.3 Å². The molecule has 0 radical (unpaired) electrons. The van der Waals surface area contributed by atoms with E-state index in [9.17, 15) is 19.7 Å². The SMILES string of the molecule is COC(=O)c1ccc(/C=N\NC(=O)c2cccc([N+](=O)[O-])c2)cc1. The van der Waals surface area contributed by atoms with Crippen LogP contribution >= 0.6 is 0 Å². The topological polar surface area (TPSA) is 111 Å². The van der Waals surface area contributed by atoms with Crippen LogP contribution in [0.1, 0.15) is 26.3 Å². The average molecular weight is 327 g/mol. The van der Waals surface area contributed by atoms with Crippen molar-refractivity contribution in [2.75, 3.05) is 7.11 Å². The summed E-state index contributed by atoms with van der Waals surface area (Å²) in [5.41, 5.74) is 3.28. The minimum Gasteiger partial charge on any atom is -0.465 e. The number of carbonyl (C=O) groups is 2. The van der Waals surface area contributed by atoms with Crippen LogP contribution in [0.5, 0.6) is 0 Å². The van der Waals surface area contributed by atoms with Crippen molar-refractivity contribution < 1.29 is 19.2 Å². The summed E-state index contributed by atoms with van der Waals surface area (Å²) in [5, 5.41) is 14.5. The first kappa shape index (κ1) is 16.8. The number of nitro groups is 1. The van der Waals surface area contributed by atoms with Gasteiger partial charge in [-0.3, -0.25) is 14.9 Å². The quantitative estimate of drug-likeness (QED) is 0.391. The Hall–Kier alpha value is -3.55. The number of rotatable bonds is 5. The van der Waals surface area contributed by atoms with Gasteiger partial charge < -0.3 is 4.74 Å². The number of nitro benzene ring substituents is 1. The van der Waals surface area contributed by atoms with Crippen LogP contribution in [0.3, 0.4) is 0 Å². The molecule has 0 aliphatic carbocycles. The van der Waals surface area contributed by atoms with Crippen LogP contribution in [-0.2, 0) is 4.74 Å². The molecule has 0 fully saturated rings. The second-order valence-corrected chi connectivity index (χ2v) is 4.62. The van der Waals surface area contributed by atoms with Gasteiger partial charge in [-0.2, -0.15) is 5.10 Å². The number of hydrazone groups is 1. The number of hydrogen-bond acceptors (Lipinski definition) is 6. The van der Waals surface area contributed by atoms with Crippen molar-refractivity contribution in [1.82, 2.24) is 5.43 Å². The van der Waals surface area contributed by atoms with Crippen LogP contribution in [0.25, 0.3) is 0 Å². The fourth-order valence-corrected chi connectivity index (χ4v) is 1.81. The van der Waals surface area contributed by atoms with E-state index < -0.39 is 16.8 Å². The molecule has 0 saturated carbocycles. The Morgan fingerprint density at radius 2 is 1.88 bits per heavy atom. The summed E-state index contributed by atoms with van der Waals surface area (Å²) in [6, 6.07) is 11.7. The Bertz CT molecular complexity index is 800. The third-order valence-electron chi connectivity index (χ3n) is 3.03. The lowest BCUT2D eigenvalue weighted by molar-refractivity contribution is -0.384. The van der Waals surface area contributed by atoms with Crippen LogP contribution < -0.4 is 5.43 Å². The van der Waals surface area contributed by atoms with Gasteiger partial charge in [0.15, 0.2) is 0 Å². The molecule has 2 aromatic carbocycles. The highest BCUT2D eigenvalue weighted by atomic mass is 16.6. The van der Waals surface area contributed by atoms with Crippen LogP contribution in [0.15, 0.2) is 53.6 Å². The molecule has 0 heterocycles. The number of nitrogens with zero attached hydrogens (tertiary/aromatic N) is 2. The third kappa shape index (κ3) is 4.23. The summed E-state index contributed by atoms with van der Waals surface area (Å²) in [6.45, 7) is 0. The zero-order valence-electron chi connectivity index (χ0n) is 12.6. The normalized spacial score (nSPS) is 10.4. The Kier molecular flexibility index (Phi) is 5.35. The van der Waals surface area contributed by atoms with Crippen molar-refractivity contribution in [3.8, 4) is 0 Å². The molecule has 0 aliphatic heterocycles. The van der Waals surface area contributed by atoms with Gasteiger partial charge in [-0.15, -0.1) is 0 Å². The van der Waals surface area contributed by atoms with E-state index in [2.05, 4.69) is 15.3 Å². The van der Waals surface area contributed by atoms with Crippen LogP contribution in [0, 0.1) is 10.1 Å². The maximum atomic E-state index is 11.9. The molecule has 8 nitrogen and oxygen atoms in total. The van der Waals surface area contributed by atoms with Gasteiger partial charge in [-0.1, -0.05) is 18.2 Å². The number of methoxy groups -OCH3 is 1. The number of esters is 1. The molecule has 0 aliphatic rings. The summed E-state index contributed by atoms with van der Waals surface area (Å²) in [7, 11) is 1.29. The molecule has 0 atom stereocenters. The van der Waals surface area contributed by atoms with Gasteiger partial charge in [0.2, 0.25) is 0 Å². The maximum absolute atomic E-state index is 11.9. The molecule has 0 aromatic heterocycles. The molecular formula is C16H13N3O5. The molecule has 0 unspecified atom stereocenters. The molecule has 0 spiro atoms. The lowest BCUT2D eigenvalue weighted by Crippen LogP contribution is -2.17. The number of hydrogen-bond donors (Lipinski definition) is 1. The zero-order valence-corrected chi connectivity index (χ0v) is 12.6. The Morgan fingerprint density at radius 3 is 2.50 bits per heavy atom.